The average molecular weight is 650 g/mol. The van der Waals surface area contributed by atoms with Crippen molar-refractivity contribution in [2.45, 2.75) is 6.92 Å². The third-order valence-electron chi connectivity index (χ3n) is 5.01. The van der Waals surface area contributed by atoms with Crippen LogP contribution in [0.2, 0.25) is 5.02 Å². The van der Waals surface area contributed by atoms with Gasteiger partial charge in [0.05, 0.1) is 26.5 Å². The van der Waals surface area contributed by atoms with E-state index in [0.717, 1.165) is 9.15 Å². The number of aromatic nitrogens is 2. The zero-order valence-electron chi connectivity index (χ0n) is 18.9. The predicted molar refractivity (Wildman–Crippen MR) is 148 cm³/mol. The molecule has 0 saturated heterocycles. The van der Waals surface area contributed by atoms with Gasteiger partial charge in [0, 0.05) is 26.8 Å². The number of nitro groups is 1. The summed E-state index contributed by atoms with van der Waals surface area (Å²) < 4.78 is 7.52. The first-order valence-electron chi connectivity index (χ1n) is 10.5. The van der Waals surface area contributed by atoms with Crippen LogP contribution >= 0.6 is 43.5 Å². The molecule has 1 amide bonds. The maximum absolute atomic E-state index is 12.9. The molecule has 10 nitrogen and oxygen atoms in total. The molecule has 0 radical (unpaired) electrons. The summed E-state index contributed by atoms with van der Waals surface area (Å²) in [6, 6.07) is 14.4. The Morgan fingerprint density at radius 1 is 1.22 bits per heavy atom. The van der Waals surface area contributed by atoms with Gasteiger partial charge in [0.1, 0.15) is 5.82 Å². The second-order valence-corrected chi connectivity index (χ2v) is 9.84. The maximum atomic E-state index is 12.9. The molecule has 13 heteroatoms. The van der Waals surface area contributed by atoms with Crippen LogP contribution in [0.4, 0.5) is 11.4 Å². The summed E-state index contributed by atoms with van der Waals surface area (Å²) in [6.07, 6.45) is 1.30. The van der Waals surface area contributed by atoms with Crippen molar-refractivity contribution in [3.63, 3.8) is 0 Å². The fourth-order valence-electron chi connectivity index (χ4n) is 3.34. The molecule has 0 bridgehead atoms. The van der Waals surface area contributed by atoms with E-state index >= 15 is 0 Å². The predicted octanol–water partition coefficient (Wildman–Crippen LogP) is 5.69. The van der Waals surface area contributed by atoms with Crippen LogP contribution in [0.5, 0.6) is 5.75 Å². The second-order valence-electron chi connectivity index (χ2n) is 7.63. The number of ether oxygens (including phenoxy) is 1. The molecule has 0 aliphatic heterocycles. The van der Waals surface area contributed by atoms with Crippen molar-refractivity contribution >= 4 is 77.9 Å². The smallest absolute Gasteiger partial charge is 0.312 e. The molecular formula is C24H16Br2ClN5O5. The molecule has 188 valence electrons. The van der Waals surface area contributed by atoms with Crippen LogP contribution in [-0.4, -0.2) is 33.3 Å². The number of carbonyl (C=O) groups is 1. The minimum Gasteiger partial charge on any atom is -0.476 e. The van der Waals surface area contributed by atoms with Gasteiger partial charge in [-0.1, -0.05) is 27.5 Å². The number of nitro benzene ring substituents is 1. The topological polar surface area (TPSA) is 129 Å². The summed E-state index contributed by atoms with van der Waals surface area (Å²) in [5, 5.41) is 19.4. The summed E-state index contributed by atoms with van der Waals surface area (Å²) in [6.45, 7) is 1.16. The van der Waals surface area contributed by atoms with Crippen LogP contribution in [0, 0.1) is 17.0 Å². The van der Waals surface area contributed by atoms with Gasteiger partial charge in [0.15, 0.2) is 6.61 Å². The Kier molecular flexibility index (Phi) is 8.00. The molecule has 1 heterocycles. The minimum atomic E-state index is -0.638. The Morgan fingerprint density at radius 3 is 2.65 bits per heavy atom. The van der Waals surface area contributed by atoms with Crippen LogP contribution in [0.1, 0.15) is 11.4 Å². The van der Waals surface area contributed by atoms with Crippen molar-refractivity contribution in [3.8, 4) is 5.75 Å². The lowest BCUT2D eigenvalue weighted by Crippen LogP contribution is -2.21. The Balaban J connectivity index is 1.58. The third kappa shape index (κ3) is 6.21. The van der Waals surface area contributed by atoms with Crippen molar-refractivity contribution < 1.29 is 14.5 Å². The van der Waals surface area contributed by atoms with E-state index in [1.807, 2.05) is 0 Å². The zero-order chi connectivity index (χ0) is 26.7. The summed E-state index contributed by atoms with van der Waals surface area (Å²) in [4.78, 5) is 40.7. The van der Waals surface area contributed by atoms with Crippen molar-refractivity contribution in [2.24, 2.45) is 5.10 Å². The van der Waals surface area contributed by atoms with E-state index in [4.69, 9.17) is 16.3 Å². The van der Waals surface area contributed by atoms with Gasteiger partial charge >= 0.3 is 5.69 Å². The molecule has 0 saturated carbocycles. The highest BCUT2D eigenvalue weighted by molar-refractivity contribution is 9.10. The number of nitrogens with one attached hydrogen (secondary N) is 1. The number of rotatable bonds is 7. The van der Waals surface area contributed by atoms with Gasteiger partial charge in [-0.15, -0.1) is 0 Å². The molecule has 4 rings (SSSR count). The standard InChI is InChI=1S/C24H16Br2ClN5O5/c1-13-29-20-7-2-15(25)10-18(20)24(34)31(13)28-11-14-8-19(26)23(21(9-14)32(35)36)37-12-22(33)30-17-5-3-16(27)4-6-17/h2-11H,12H2,1H3,(H,30,33). The van der Waals surface area contributed by atoms with E-state index in [2.05, 4.69) is 47.3 Å². The van der Waals surface area contributed by atoms with Gasteiger partial charge in [-0.25, -0.2) is 4.98 Å². The van der Waals surface area contributed by atoms with Crippen molar-refractivity contribution in [1.82, 2.24) is 9.66 Å². The maximum Gasteiger partial charge on any atom is 0.312 e. The number of halogens is 3. The molecule has 37 heavy (non-hydrogen) atoms. The van der Waals surface area contributed by atoms with Crippen molar-refractivity contribution in [1.29, 1.82) is 0 Å². The first-order valence-corrected chi connectivity index (χ1v) is 12.5. The third-order valence-corrected chi connectivity index (χ3v) is 6.35. The molecule has 3 aromatic carbocycles. The van der Waals surface area contributed by atoms with Gasteiger partial charge in [0.2, 0.25) is 5.75 Å². The Morgan fingerprint density at radius 2 is 1.95 bits per heavy atom. The van der Waals surface area contributed by atoms with E-state index in [1.54, 1.807) is 49.4 Å². The quantitative estimate of drug-likeness (QED) is 0.156. The number of aryl methyl sites for hydroxylation is 1. The van der Waals surface area contributed by atoms with E-state index < -0.39 is 17.4 Å². The normalized spacial score (nSPS) is 11.1. The lowest BCUT2D eigenvalue weighted by molar-refractivity contribution is -0.385. The summed E-state index contributed by atoms with van der Waals surface area (Å²) in [5.74, 6) is -0.297. The Labute approximate surface area is 231 Å². The first kappa shape index (κ1) is 26.5. The summed E-state index contributed by atoms with van der Waals surface area (Å²) >= 11 is 12.4. The summed E-state index contributed by atoms with van der Waals surface area (Å²) in [7, 11) is 0. The number of hydrogen-bond acceptors (Lipinski definition) is 7. The van der Waals surface area contributed by atoms with Crippen LogP contribution in [-0.2, 0) is 4.79 Å². The molecule has 0 unspecified atom stereocenters. The van der Waals surface area contributed by atoms with Gasteiger partial charge < -0.3 is 10.1 Å². The number of amides is 1. The van der Waals surface area contributed by atoms with Crippen molar-refractivity contribution in [2.75, 3.05) is 11.9 Å². The minimum absolute atomic E-state index is 0.126. The SMILES string of the molecule is Cc1nc2ccc(Br)cc2c(=O)n1N=Cc1cc(Br)c(OCC(=O)Nc2ccc(Cl)cc2)c([N+](=O)[O-])c1. The van der Waals surface area contributed by atoms with Crippen LogP contribution in [0.3, 0.4) is 0 Å². The largest absolute Gasteiger partial charge is 0.476 e. The first-order chi connectivity index (χ1) is 17.6. The highest BCUT2D eigenvalue weighted by atomic mass is 79.9. The molecule has 0 atom stereocenters. The highest BCUT2D eigenvalue weighted by Crippen LogP contribution is 2.36. The molecule has 1 aromatic heterocycles. The number of benzene rings is 3. The van der Waals surface area contributed by atoms with Crippen LogP contribution < -0.4 is 15.6 Å². The monoisotopic (exact) mass is 647 g/mol. The number of hydrogen-bond donors (Lipinski definition) is 1. The molecule has 4 aromatic rings. The number of fused-ring (bicyclic) bond motifs is 1. The lowest BCUT2D eigenvalue weighted by atomic mass is 10.2. The second kappa shape index (κ2) is 11.2. The highest BCUT2D eigenvalue weighted by Gasteiger charge is 2.21. The molecule has 0 aliphatic rings. The average Bonchev–Trinajstić information content (AvgIpc) is 2.85. The van der Waals surface area contributed by atoms with E-state index in [9.17, 15) is 19.7 Å². The van der Waals surface area contributed by atoms with Crippen LogP contribution in [0.15, 0.2) is 73.4 Å². The Hall–Kier alpha value is -3.61. The fourth-order valence-corrected chi connectivity index (χ4v) is 4.41. The number of anilines is 1. The van der Waals surface area contributed by atoms with Gasteiger partial charge in [-0.2, -0.15) is 9.78 Å². The van der Waals surface area contributed by atoms with Gasteiger partial charge in [-0.05, 0) is 71.4 Å². The van der Waals surface area contributed by atoms with Gasteiger partial charge in [0.25, 0.3) is 11.5 Å². The van der Waals surface area contributed by atoms with Crippen molar-refractivity contribution in [3.05, 3.63) is 100 Å². The van der Waals surface area contributed by atoms with Crippen LogP contribution in [0.25, 0.3) is 10.9 Å². The molecule has 0 spiro atoms. The molecular weight excluding hydrogens is 634 g/mol. The Bertz CT molecular complexity index is 1620. The van der Waals surface area contributed by atoms with E-state index in [-0.39, 0.29) is 21.5 Å². The van der Waals surface area contributed by atoms with E-state index in [0.29, 0.717) is 33.0 Å². The van der Waals surface area contributed by atoms with E-state index in [1.165, 1.54) is 18.3 Å². The lowest BCUT2D eigenvalue weighted by Gasteiger charge is -2.10. The fraction of sp³-hybridized carbons (Fsp3) is 0.0833. The zero-order valence-corrected chi connectivity index (χ0v) is 22.9. The molecule has 0 fully saturated rings. The molecule has 1 N–H and O–H groups in total. The van der Waals surface area contributed by atoms with Gasteiger partial charge in [-0.3, -0.25) is 19.7 Å². The molecule has 0 aliphatic carbocycles. The number of nitrogens with zero attached hydrogens (tertiary/aromatic N) is 4. The number of carbonyl (C=O) groups excluding carboxylic acids is 1. The summed E-state index contributed by atoms with van der Waals surface area (Å²) in [5.41, 5.74) is 0.563.